The minimum absolute atomic E-state index is 0.145. The van der Waals surface area contributed by atoms with Crippen LogP contribution >= 0.6 is 11.6 Å². The first-order chi connectivity index (χ1) is 17.2. The lowest BCUT2D eigenvalue weighted by Gasteiger charge is -2.28. The Balaban J connectivity index is 2.09. The van der Waals surface area contributed by atoms with Crippen LogP contribution in [0.1, 0.15) is 81.4 Å². The van der Waals surface area contributed by atoms with Gasteiger partial charge < -0.3 is 13.8 Å². The van der Waals surface area contributed by atoms with Crippen molar-refractivity contribution >= 4 is 34.7 Å². The average Bonchev–Trinajstić information content (AvgIpc) is 3.18. The van der Waals surface area contributed by atoms with Crippen LogP contribution in [0.3, 0.4) is 0 Å². The fourth-order valence-electron chi connectivity index (χ4n) is 3.65. The van der Waals surface area contributed by atoms with E-state index in [4.69, 9.17) is 20.9 Å². The number of benzene rings is 2. The highest BCUT2D eigenvalue weighted by Crippen LogP contribution is 2.37. The van der Waals surface area contributed by atoms with Crippen molar-refractivity contribution < 1.29 is 23.4 Å². The lowest BCUT2D eigenvalue weighted by molar-refractivity contribution is -0.155. The first kappa shape index (κ1) is 28.9. The monoisotopic (exact) mass is 544 g/mol. The molecule has 3 rings (SSSR count). The summed E-state index contributed by atoms with van der Waals surface area (Å²) in [4.78, 5) is 26.3. The number of carbonyl (C=O) groups is 2. The Morgan fingerprint density at radius 3 is 2.30 bits per heavy atom. The van der Waals surface area contributed by atoms with Crippen molar-refractivity contribution in [2.24, 2.45) is 0 Å². The second kappa shape index (κ2) is 11.4. The SMILES string of the molecule is Cc1noc([C@@H](CC(=O)OC(C)(C)C)N[S+]([O-])C(C)(C)C)c1-c1ccccc1C(=O)c1ccc(Cl)cc1. The Morgan fingerprint density at radius 1 is 1.08 bits per heavy atom. The molecule has 0 fully saturated rings. The van der Waals surface area contributed by atoms with E-state index in [0.717, 1.165) is 0 Å². The third kappa shape index (κ3) is 7.45. The highest BCUT2D eigenvalue weighted by Gasteiger charge is 2.36. The van der Waals surface area contributed by atoms with Crippen LogP contribution in [-0.4, -0.2) is 31.8 Å². The zero-order chi connectivity index (χ0) is 27.5. The van der Waals surface area contributed by atoms with E-state index in [1.807, 2.05) is 26.8 Å². The molecule has 0 spiro atoms. The van der Waals surface area contributed by atoms with E-state index < -0.39 is 33.7 Å². The normalized spacial score (nSPS) is 13.8. The maximum Gasteiger partial charge on any atom is 0.308 e. The molecule has 9 heteroatoms. The van der Waals surface area contributed by atoms with E-state index in [1.54, 1.807) is 70.2 Å². The molecular formula is C28H33ClN2O5S. The van der Waals surface area contributed by atoms with Crippen molar-refractivity contribution in [2.45, 2.75) is 71.3 Å². The number of ketones is 1. The lowest BCUT2D eigenvalue weighted by atomic mass is 9.91. The molecular weight excluding hydrogens is 512 g/mol. The Bertz CT molecular complexity index is 1260. The third-order valence-electron chi connectivity index (χ3n) is 5.35. The van der Waals surface area contributed by atoms with Crippen molar-refractivity contribution in [3.05, 3.63) is 76.1 Å². The first-order valence-corrected chi connectivity index (χ1v) is 13.5. The summed E-state index contributed by atoms with van der Waals surface area (Å²) in [6, 6.07) is 13.0. The summed E-state index contributed by atoms with van der Waals surface area (Å²) < 4.78 is 26.8. The molecule has 0 saturated carbocycles. The zero-order valence-corrected chi connectivity index (χ0v) is 23.8. The molecule has 0 aliphatic carbocycles. The van der Waals surface area contributed by atoms with Crippen LogP contribution in [0.25, 0.3) is 11.1 Å². The molecule has 0 aliphatic rings. The number of aromatic nitrogens is 1. The van der Waals surface area contributed by atoms with Gasteiger partial charge in [0.1, 0.15) is 16.4 Å². The smallest absolute Gasteiger partial charge is 0.308 e. The Hall–Kier alpha value is -2.65. The second-order valence-electron chi connectivity index (χ2n) is 10.7. The first-order valence-electron chi connectivity index (χ1n) is 11.9. The number of nitrogens with one attached hydrogen (secondary N) is 1. The molecule has 3 aromatic rings. The van der Waals surface area contributed by atoms with Gasteiger partial charge in [0.25, 0.3) is 0 Å². The van der Waals surface area contributed by atoms with Crippen LogP contribution in [0.15, 0.2) is 53.1 Å². The fourth-order valence-corrected chi connectivity index (χ4v) is 4.58. The summed E-state index contributed by atoms with van der Waals surface area (Å²) in [7, 11) is 0. The number of nitrogens with zero attached hydrogens (tertiary/aromatic N) is 1. The fraction of sp³-hybridized carbons (Fsp3) is 0.393. The highest BCUT2D eigenvalue weighted by atomic mass is 35.5. The van der Waals surface area contributed by atoms with Crippen LogP contribution in [0.4, 0.5) is 0 Å². The van der Waals surface area contributed by atoms with Gasteiger partial charge in [0.05, 0.1) is 17.7 Å². The maximum absolute atomic E-state index is 13.5. The summed E-state index contributed by atoms with van der Waals surface area (Å²) in [6.07, 6.45) is -0.145. The van der Waals surface area contributed by atoms with E-state index in [0.29, 0.717) is 38.7 Å². The van der Waals surface area contributed by atoms with Crippen LogP contribution in [0, 0.1) is 6.92 Å². The standard InChI is InChI=1S/C28H33ClN2O5S/c1-17-24(20-10-8-9-11-21(20)25(33)18-12-14-19(29)15-13-18)26(36-30-17)22(31-37(34)28(5,6)7)16-23(32)35-27(2,3)4/h8-15,22,31H,16H2,1-7H3/t22-,37?/m1/s1. The topological polar surface area (TPSA) is 104 Å². The molecule has 1 N–H and O–H groups in total. The molecule has 37 heavy (non-hydrogen) atoms. The predicted molar refractivity (Wildman–Crippen MR) is 146 cm³/mol. The average molecular weight is 545 g/mol. The molecule has 0 bridgehead atoms. The molecule has 0 amide bonds. The van der Waals surface area contributed by atoms with Gasteiger partial charge in [-0.2, -0.15) is 0 Å². The van der Waals surface area contributed by atoms with E-state index in [-0.39, 0.29) is 12.2 Å². The van der Waals surface area contributed by atoms with Gasteiger partial charge in [-0.1, -0.05) is 41.0 Å². The lowest BCUT2D eigenvalue weighted by Crippen LogP contribution is -2.42. The van der Waals surface area contributed by atoms with Gasteiger partial charge in [0, 0.05) is 27.5 Å². The number of halogens is 1. The molecule has 0 radical (unpaired) electrons. The van der Waals surface area contributed by atoms with Crippen LogP contribution in [-0.2, 0) is 20.9 Å². The van der Waals surface area contributed by atoms with Crippen LogP contribution in [0.5, 0.6) is 0 Å². The number of hydrogen-bond donors (Lipinski definition) is 1. The summed E-state index contributed by atoms with van der Waals surface area (Å²) >= 11 is 4.47. The van der Waals surface area contributed by atoms with E-state index in [2.05, 4.69) is 9.88 Å². The molecule has 1 heterocycles. The highest BCUT2D eigenvalue weighted by molar-refractivity contribution is 7.90. The molecule has 2 aromatic carbocycles. The summed E-state index contributed by atoms with van der Waals surface area (Å²) in [5, 5.41) is 4.69. The van der Waals surface area contributed by atoms with Gasteiger partial charge in [-0.05, 0) is 78.3 Å². The van der Waals surface area contributed by atoms with Gasteiger partial charge in [-0.25, -0.2) is 0 Å². The van der Waals surface area contributed by atoms with Crippen molar-refractivity contribution in [3.63, 3.8) is 0 Å². The summed E-state index contributed by atoms with van der Waals surface area (Å²) in [5.74, 6) is -0.382. The van der Waals surface area contributed by atoms with Crippen LogP contribution in [0.2, 0.25) is 5.02 Å². The van der Waals surface area contributed by atoms with Crippen LogP contribution < -0.4 is 4.72 Å². The molecule has 2 atom stereocenters. The molecule has 0 saturated heterocycles. The summed E-state index contributed by atoms with van der Waals surface area (Å²) in [6.45, 7) is 12.6. The number of esters is 1. The largest absolute Gasteiger partial charge is 0.598 e. The quantitative estimate of drug-likeness (QED) is 0.200. The third-order valence-corrected chi connectivity index (χ3v) is 7.21. The number of carbonyl (C=O) groups excluding carboxylic acids is 2. The number of aryl methyl sites for hydroxylation is 1. The number of hydrogen-bond acceptors (Lipinski definition) is 7. The van der Waals surface area contributed by atoms with Gasteiger partial charge in [0.15, 0.2) is 11.5 Å². The minimum atomic E-state index is -1.53. The molecule has 1 unspecified atom stereocenters. The molecule has 0 aliphatic heterocycles. The Kier molecular flexibility index (Phi) is 8.90. The van der Waals surface area contributed by atoms with Gasteiger partial charge in [-0.15, -0.1) is 4.72 Å². The van der Waals surface area contributed by atoms with Crippen molar-refractivity contribution in [3.8, 4) is 11.1 Å². The van der Waals surface area contributed by atoms with E-state index >= 15 is 0 Å². The van der Waals surface area contributed by atoms with E-state index in [1.165, 1.54) is 0 Å². The Morgan fingerprint density at radius 2 is 1.70 bits per heavy atom. The maximum atomic E-state index is 13.5. The van der Waals surface area contributed by atoms with Crippen molar-refractivity contribution in [1.29, 1.82) is 0 Å². The predicted octanol–water partition coefficient (Wildman–Crippen LogP) is 6.36. The minimum Gasteiger partial charge on any atom is -0.598 e. The molecule has 7 nitrogen and oxygen atoms in total. The summed E-state index contributed by atoms with van der Waals surface area (Å²) in [5.41, 5.74) is 1.90. The van der Waals surface area contributed by atoms with Crippen molar-refractivity contribution in [1.82, 2.24) is 9.88 Å². The van der Waals surface area contributed by atoms with E-state index in [9.17, 15) is 14.1 Å². The molecule has 198 valence electrons. The van der Waals surface area contributed by atoms with Crippen molar-refractivity contribution in [2.75, 3.05) is 0 Å². The van der Waals surface area contributed by atoms with Gasteiger partial charge in [0.2, 0.25) is 0 Å². The Labute approximate surface area is 226 Å². The zero-order valence-electron chi connectivity index (χ0n) is 22.2. The number of rotatable bonds is 8. The van der Waals surface area contributed by atoms with Gasteiger partial charge in [-0.3, -0.25) is 9.59 Å². The second-order valence-corrected chi connectivity index (χ2v) is 13.2. The van der Waals surface area contributed by atoms with Gasteiger partial charge >= 0.3 is 5.97 Å². The number of ether oxygens (including phenoxy) is 1. The molecule has 1 aromatic heterocycles.